The highest BCUT2D eigenvalue weighted by molar-refractivity contribution is 5.97. The van der Waals surface area contributed by atoms with E-state index in [-0.39, 0.29) is 18.2 Å². The van der Waals surface area contributed by atoms with Crippen LogP contribution in [0.5, 0.6) is 0 Å². The van der Waals surface area contributed by atoms with Crippen molar-refractivity contribution in [1.82, 2.24) is 15.3 Å². The molecule has 0 saturated heterocycles. The van der Waals surface area contributed by atoms with E-state index in [2.05, 4.69) is 20.7 Å². The molecule has 6 N–H and O–H groups in total. The number of anilines is 1. The Hall–Kier alpha value is -2.22. The smallest absolute Gasteiger partial charge is 0.272 e. The van der Waals surface area contributed by atoms with E-state index in [1.807, 2.05) is 13.8 Å². The summed E-state index contributed by atoms with van der Waals surface area (Å²) in [4.78, 5) is 31.8. The summed E-state index contributed by atoms with van der Waals surface area (Å²) in [5.74, 6) is 5.03. The highest BCUT2D eigenvalue weighted by Crippen LogP contribution is 2.16. The van der Waals surface area contributed by atoms with Crippen molar-refractivity contribution >= 4 is 17.5 Å². The molecule has 8 nitrogen and oxygen atoms in total. The molecule has 0 unspecified atom stereocenters. The fraction of sp³-hybridized carbons (Fsp3) is 0.538. The third-order valence-electron chi connectivity index (χ3n) is 3.05. The SMILES string of the molecule is CC(C)c1ncc(NN)c(C(=O)NCC(C)(C)C(N)=O)n1. The normalized spacial score (nSPS) is 11.3. The highest BCUT2D eigenvalue weighted by Gasteiger charge is 2.26. The first kappa shape index (κ1) is 16.8. The van der Waals surface area contributed by atoms with E-state index in [4.69, 9.17) is 11.6 Å². The number of hydrogen-bond donors (Lipinski definition) is 4. The molecule has 1 aromatic rings. The van der Waals surface area contributed by atoms with Gasteiger partial charge in [0.15, 0.2) is 5.69 Å². The molecule has 0 aliphatic heterocycles. The number of nitrogen functional groups attached to an aromatic ring is 1. The van der Waals surface area contributed by atoms with E-state index in [0.29, 0.717) is 11.5 Å². The monoisotopic (exact) mass is 294 g/mol. The maximum atomic E-state index is 12.2. The van der Waals surface area contributed by atoms with Gasteiger partial charge in [-0.25, -0.2) is 9.97 Å². The van der Waals surface area contributed by atoms with E-state index in [1.54, 1.807) is 13.8 Å². The Bertz CT molecular complexity index is 541. The van der Waals surface area contributed by atoms with Gasteiger partial charge >= 0.3 is 0 Å². The number of primary amides is 1. The quantitative estimate of drug-likeness (QED) is 0.435. The molecule has 0 radical (unpaired) electrons. The first-order valence-corrected chi connectivity index (χ1v) is 6.60. The molecular weight excluding hydrogens is 272 g/mol. The van der Waals surface area contributed by atoms with Crippen LogP contribution in [0, 0.1) is 5.41 Å². The zero-order chi connectivity index (χ0) is 16.2. The number of rotatable bonds is 6. The maximum absolute atomic E-state index is 12.2. The van der Waals surface area contributed by atoms with Gasteiger partial charge < -0.3 is 16.5 Å². The van der Waals surface area contributed by atoms with Crippen LogP contribution in [0.2, 0.25) is 0 Å². The third kappa shape index (κ3) is 4.12. The average molecular weight is 294 g/mol. The van der Waals surface area contributed by atoms with Crippen LogP contribution in [-0.4, -0.2) is 28.3 Å². The fourth-order valence-corrected chi connectivity index (χ4v) is 1.42. The molecule has 0 aliphatic rings. The highest BCUT2D eigenvalue weighted by atomic mass is 16.2. The number of hydrogen-bond acceptors (Lipinski definition) is 6. The molecule has 0 fully saturated rings. The molecule has 0 aromatic carbocycles. The van der Waals surface area contributed by atoms with Gasteiger partial charge in [-0.3, -0.25) is 15.4 Å². The third-order valence-corrected chi connectivity index (χ3v) is 3.05. The van der Waals surface area contributed by atoms with E-state index >= 15 is 0 Å². The van der Waals surface area contributed by atoms with Gasteiger partial charge in [0.25, 0.3) is 5.91 Å². The minimum absolute atomic E-state index is 0.0745. The number of amides is 2. The molecule has 116 valence electrons. The second kappa shape index (κ2) is 6.49. The zero-order valence-electron chi connectivity index (χ0n) is 12.7. The summed E-state index contributed by atoms with van der Waals surface area (Å²) < 4.78 is 0. The van der Waals surface area contributed by atoms with Crippen LogP contribution in [0.4, 0.5) is 5.69 Å². The molecule has 1 heterocycles. The van der Waals surface area contributed by atoms with Crippen LogP contribution in [-0.2, 0) is 4.79 Å². The fourth-order valence-electron chi connectivity index (χ4n) is 1.42. The summed E-state index contributed by atoms with van der Waals surface area (Å²) in [6, 6.07) is 0. The lowest BCUT2D eigenvalue weighted by Crippen LogP contribution is -2.42. The number of nitrogens with one attached hydrogen (secondary N) is 2. The predicted molar refractivity (Wildman–Crippen MR) is 79.2 cm³/mol. The average Bonchev–Trinajstić information content (AvgIpc) is 2.43. The molecular formula is C13H22N6O2. The van der Waals surface area contributed by atoms with Crippen molar-refractivity contribution in [2.75, 3.05) is 12.0 Å². The van der Waals surface area contributed by atoms with Crippen LogP contribution in [0.1, 0.15) is 49.9 Å². The molecule has 0 atom stereocenters. The predicted octanol–water partition coefficient (Wildman–Crippen LogP) is 0.127. The first-order chi connectivity index (χ1) is 9.69. The Morgan fingerprint density at radius 2 is 2.00 bits per heavy atom. The lowest BCUT2D eigenvalue weighted by atomic mass is 9.93. The Morgan fingerprint density at radius 3 is 2.48 bits per heavy atom. The first-order valence-electron chi connectivity index (χ1n) is 6.60. The number of aromatic nitrogens is 2. The van der Waals surface area contributed by atoms with E-state index < -0.39 is 17.2 Å². The van der Waals surface area contributed by atoms with E-state index in [0.717, 1.165) is 0 Å². The molecule has 2 amide bonds. The van der Waals surface area contributed by atoms with Crippen LogP contribution in [0.25, 0.3) is 0 Å². The van der Waals surface area contributed by atoms with Crippen molar-refractivity contribution < 1.29 is 9.59 Å². The molecule has 0 spiro atoms. The van der Waals surface area contributed by atoms with Gasteiger partial charge in [0.2, 0.25) is 5.91 Å². The number of carbonyl (C=O) groups is 2. The van der Waals surface area contributed by atoms with Crippen molar-refractivity contribution in [3.63, 3.8) is 0 Å². The van der Waals surface area contributed by atoms with Gasteiger partial charge in [0, 0.05) is 12.5 Å². The van der Waals surface area contributed by atoms with Crippen molar-refractivity contribution in [3.05, 3.63) is 17.7 Å². The van der Waals surface area contributed by atoms with E-state index in [9.17, 15) is 9.59 Å². The van der Waals surface area contributed by atoms with E-state index in [1.165, 1.54) is 6.20 Å². The summed E-state index contributed by atoms with van der Waals surface area (Å²) in [6.45, 7) is 7.24. The second-order valence-corrected chi connectivity index (χ2v) is 5.72. The van der Waals surface area contributed by atoms with Crippen LogP contribution in [0.3, 0.4) is 0 Å². The number of nitrogens with zero attached hydrogens (tertiary/aromatic N) is 2. The molecule has 21 heavy (non-hydrogen) atoms. The summed E-state index contributed by atoms with van der Waals surface area (Å²) in [5.41, 5.74) is 7.25. The van der Waals surface area contributed by atoms with Crippen molar-refractivity contribution in [2.24, 2.45) is 17.0 Å². The maximum Gasteiger partial charge on any atom is 0.272 e. The zero-order valence-corrected chi connectivity index (χ0v) is 12.7. The van der Waals surface area contributed by atoms with Crippen molar-refractivity contribution in [2.45, 2.75) is 33.6 Å². The van der Waals surface area contributed by atoms with Gasteiger partial charge in [0.05, 0.1) is 17.3 Å². The lowest BCUT2D eigenvalue weighted by molar-refractivity contribution is -0.125. The van der Waals surface area contributed by atoms with Crippen molar-refractivity contribution in [3.8, 4) is 0 Å². The van der Waals surface area contributed by atoms with Crippen LogP contribution >= 0.6 is 0 Å². The van der Waals surface area contributed by atoms with Gasteiger partial charge in [-0.05, 0) is 13.8 Å². The summed E-state index contributed by atoms with van der Waals surface area (Å²) >= 11 is 0. The molecule has 1 rings (SSSR count). The Morgan fingerprint density at radius 1 is 1.38 bits per heavy atom. The molecule has 1 aromatic heterocycles. The Labute approximate surface area is 123 Å². The van der Waals surface area contributed by atoms with Crippen LogP contribution < -0.4 is 22.3 Å². The topological polar surface area (TPSA) is 136 Å². The number of nitrogens with two attached hydrogens (primary N) is 2. The van der Waals surface area contributed by atoms with Gasteiger partial charge in [0.1, 0.15) is 5.82 Å². The molecule has 0 aliphatic carbocycles. The summed E-state index contributed by atoms with van der Waals surface area (Å²) in [6.07, 6.45) is 1.45. The van der Waals surface area contributed by atoms with Gasteiger partial charge in [-0.1, -0.05) is 13.8 Å². The van der Waals surface area contributed by atoms with Crippen molar-refractivity contribution in [1.29, 1.82) is 0 Å². The van der Waals surface area contributed by atoms with Gasteiger partial charge in [-0.15, -0.1) is 0 Å². The summed E-state index contributed by atoms with van der Waals surface area (Å²) in [7, 11) is 0. The number of carbonyl (C=O) groups excluding carboxylic acids is 2. The summed E-state index contributed by atoms with van der Waals surface area (Å²) in [5, 5.41) is 2.64. The van der Waals surface area contributed by atoms with Gasteiger partial charge in [-0.2, -0.15) is 0 Å². The minimum atomic E-state index is -0.847. The minimum Gasteiger partial charge on any atom is -0.369 e. The molecule has 0 bridgehead atoms. The molecule has 0 saturated carbocycles. The largest absolute Gasteiger partial charge is 0.369 e. The molecule has 8 heteroatoms. The lowest BCUT2D eigenvalue weighted by Gasteiger charge is -2.21. The second-order valence-electron chi connectivity index (χ2n) is 5.72. The Kier molecular flexibility index (Phi) is 5.20. The van der Waals surface area contributed by atoms with Crippen LogP contribution in [0.15, 0.2) is 6.20 Å². The Balaban J connectivity index is 2.96. The standard InChI is InChI=1S/C13H22N6O2/c1-7(2)10-16-5-8(19-15)9(18-10)11(20)17-6-13(3,4)12(14)21/h5,7,19H,6,15H2,1-4H3,(H2,14,21)(H,17,20). The number of hydrazine groups is 1.